The molecule has 0 aliphatic carbocycles. The Morgan fingerprint density at radius 2 is 1.59 bits per heavy atom. The number of benzene rings is 3. The normalized spacial score (nSPS) is 11.5. The van der Waals surface area contributed by atoms with Gasteiger partial charge in [0.25, 0.3) is 15.9 Å². The quantitative estimate of drug-likeness (QED) is 0.298. The van der Waals surface area contributed by atoms with Crippen LogP contribution in [0.25, 0.3) is 0 Å². The topological polar surface area (TPSA) is 107 Å². The molecule has 0 spiro atoms. The molecule has 3 aromatic rings. The number of hydrazone groups is 1. The van der Waals surface area contributed by atoms with Crippen molar-refractivity contribution in [2.75, 3.05) is 31.7 Å². The van der Waals surface area contributed by atoms with Crippen molar-refractivity contribution in [1.82, 2.24) is 5.43 Å². The van der Waals surface area contributed by atoms with E-state index in [4.69, 9.17) is 14.2 Å². The zero-order valence-electron chi connectivity index (χ0n) is 21.5. The SMILES string of the molecule is CCOc1ccc(/C(C)=N\NC(=O)CN(c2ccc(C)cc2)S(=O)(=O)c2ccc(OC)c(OC)c2)cc1. The number of carbonyl (C=O) groups is 1. The van der Waals surface area contributed by atoms with E-state index in [0.29, 0.717) is 23.8 Å². The Hall–Kier alpha value is -4.05. The maximum Gasteiger partial charge on any atom is 0.264 e. The molecule has 0 aliphatic heterocycles. The lowest BCUT2D eigenvalue weighted by Crippen LogP contribution is -2.39. The highest BCUT2D eigenvalue weighted by Crippen LogP contribution is 2.32. The van der Waals surface area contributed by atoms with E-state index >= 15 is 0 Å². The zero-order valence-corrected chi connectivity index (χ0v) is 22.3. The fourth-order valence-corrected chi connectivity index (χ4v) is 4.90. The summed E-state index contributed by atoms with van der Waals surface area (Å²) in [5.74, 6) is 0.778. The molecule has 0 radical (unpaired) electrons. The summed E-state index contributed by atoms with van der Waals surface area (Å²) in [5, 5.41) is 4.15. The number of ether oxygens (including phenoxy) is 3. The Balaban J connectivity index is 1.87. The van der Waals surface area contributed by atoms with Crippen LogP contribution in [0, 0.1) is 6.92 Å². The van der Waals surface area contributed by atoms with Crippen LogP contribution in [-0.4, -0.2) is 47.4 Å². The van der Waals surface area contributed by atoms with Gasteiger partial charge in [0.05, 0.1) is 37.1 Å². The van der Waals surface area contributed by atoms with E-state index in [9.17, 15) is 13.2 Å². The number of carbonyl (C=O) groups excluding carboxylic acids is 1. The molecular weight excluding hydrogens is 494 g/mol. The third kappa shape index (κ3) is 6.79. The highest BCUT2D eigenvalue weighted by molar-refractivity contribution is 7.92. The standard InChI is InChI=1S/C27H31N3O6S/c1-6-36-23-13-9-21(10-14-23)20(3)28-29-27(31)18-30(22-11-7-19(2)8-12-22)37(32,33)24-15-16-25(34-4)26(17-24)35-5/h7-17H,6,18H2,1-5H3,(H,29,31)/b28-20-. The van der Waals surface area contributed by atoms with Gasteiger partial charge in [-0.05, 0) is 74.9 Å². The minimum absolute atomic E-state index is 0.0485. The molecular formula is C27H31N3O6S. The Bertz CT molecular complexity index is 1350. The molecule has 1 N–H and O–H groups in total. The van der Waals surface area contributed by atoms with Gasteiger partial charge in [0.15, 0.2) is 11.5 Å². The molecule has 0 saturated heterocycles. The van der Waals surface area contributed by atoms with E-state index in [2.05, 4.69) is 10.5 Å². The van der Waals surface area contributed by atoms with Crippen LogP contribution in [0.5, 0.6) is 17.2 Å². The van der Waals surface area contributed by atoms with Crippen molar-refractivity contribution in [2.24, 2.45) is 5.10 Å². The van der Waals surface area contributed by atoms with E-state index in [1.54, 1.807) is 31.2 Å². The lowest BCUT2D eigenvalue weighted by atomic mass is 10.1. The average Bonchev–Trinajstić information content (AvgIpc) is 2.91. The van der Waals surface area contributed by atoms with Crippen LogP contribution < -0.4 is 23.9 Å². The smallest absolute Gasteiger partial charge is 0.264 e. The molecule has 196 valence electrons. The van der Waals surface area contributed by atoms with Crippen molar-refractivity contribution in [3.63, 3.8) is 0 Å². The Morgan fingerprint density at radius 3 is 2.19 bits per heavy atom. The first-order chi connectivity index (χ1) is 17.7. The highest BCUT2D eigenvalue weighted by atomic mass is 32.2. The van der Waals surface area contributed by atoms with Gasteiger partial charge in [0.1, 0.15) is 12.3 Å². The molecule has 0 saturated carbocycles. The lowest BCUT2D eigenvalue weighted by molar-refractivity contribution is -0.119. The molecule has 10 heteroatoms. The molecule has 0 aromatic heterocycles. The van der Waals surface area contributed by atoms with Crippen molar-refractivity contribution in [1.29, 1.82) is 0 Å². The van der Waals surface area contributed by atoms with Crippen molar-refractivity contribution < 1.29 is 27.4 Å². The first-order valence-corrected chi connectivity index (χ1v) is 13.0. The third-order valence-electron chi connectivity index (χ3n) is 5.48. The number of aryl methyl sites for hydroxylation is 1. The molecule has 37 heavy (non-hydrogen) atoms. The summed E-state index contributed by atoms with van der Waals surface area (Å²) in [6, 6.07) is 18.4. The molecule has 9 nitrogen and oxygen atoms in total. The second kappa shape index (κ2) is 12.3. The van der Waals surface area contributed by atoms with E-state index < -0.39 is 22.5 Å². The number of hydrogen-bond acceptors (Lipinski definition) is 7. The average molecular weight is 526 g/mol. The summed E-state index contributed by atoms with van der Waals surface area (Å²) < 4.78 is 44.3. The summed E-state index contributed by atoms with van der Waals surface area (Å²) >= 11 is 0. The number of rotatable bonds is 11. The first-order valence-electron chi connectivity index (χ1n) is 11.6. The number of sulfonamides is 1. The van der Waals surface area contributed by atoms with Gasteiger partial charge >= 0.3 is 0 Å². The van der Waals surface area contributed by atoms with Gasteiger partial charge in [-0.25, -0.2) is 13.8 Å². The molecule has 3 aromatic carbocycles. The van der Waals surface area contributed by atoms with Gasteiger partial charge in [-0.1, -0.05) is 17.7 Å². The Kier molecular flexibility index (Phi) is 9.13. The van der Waals surface area contributed by atoms with Crippen molar-refractivity contribution in [3.05, 3.63) is 77.9 Å². The summed E-state index contributed by atoms with van der Waals surface area (Å²) in [4.78, 5) is 12.8. The van der Waals surface area contributed by atoms with Crippen LogP contribution in [0.4, 0.5) is 5.69 Å². The largest absolute Gasteiger partial charge is 0.494 e. The van der Waals surface area contributed by atoms with Crippen molar-refractivity contribution in [3.8, 4) is 17.2 Å². The lowest BCUT2D eigenvalue weighted by Gasteiger charge is -2.24. The summed E-state index contributed by atoms with van der Waals surface area (Å²) in [6.07, 6.45) is 0. The fraction of sp³-hybridized carbons (Fsp3) is 0.259. The molecule has 1 amide bonds. The zero-order chi connectivity index (χ0) is 27.0. The van der Waals surface area contributed by atoms with Crippen LogP contribution in [0.1, 0.15) is 25.0 Å². The van der Waals surface area contributed by atoms with E-state index in [0.717, 1.165) is 21.2 Å². The van der Waals surface area contributed by atoms with Gasteiger partial charge in [0, 0.05) is 6.07 Å². The fourth-order valence-electron chi connectivity index (χ4n) is 3.47. The minimum atomic E-state index is -4.15. The second-order valence-corrected chi connectivity index (χ2v) is 9.92. The van der Waals surface area contributed by atoms with Gasteiger partial charge < -0.3 is 14.2 Å². The van der Waals surface area contributed by atoms with Crippen molar-refractivity contribution >= 4 is 27.3 Å². The molecule has 0 bridgehead atoms. The number of nitrogens with zero attached hydrogens (tertiary/aromatic N) is 2. The first kappa shape index (κ1) is 27.5. The third-order valence-corrected chi connectivity index (χ3v) is 7.25. The molecule has 0 heterocycles. The summed E-state index contributed by atoms with van der Waals surface area (Å²) in [7, 11) is -1.26. The molecule has 0 unspecified atom stereocenters. The van der Waals surface area contributed by atoms with Crippen molar-refractivity contribution in [2.45, 2.75) is 25.7 Å². The highest BCUT2D eigenvalue weighted by Gasteiger charge is 2.28. The van der Waals surface area contributed by atoms with Crippen LogP contribution in [0.3, 0.4) is 0 Å². The number of anilines is 1. The predicted octanol–water partition coefficient (Wildman–Crippen LogP) is 4.15. The van der Waals surface area contributed by atoms with Crippen LogP contribution in [-0.2, 0) is 14.8 Å². The van der Waals surface area contributed by atoms with Gasteiger partial charge in [0.2, 0.25) is 0 Å². The van der Waals surface area contributed by atoms with E-state index in [-0.39, 0.29) is 10.6 Å². The Labute approximate surface area is 217 Å². The summed E-state index contributed by atoms with van der Waals surface area (Å²) in [5.41, 5.74) is 5.10. The number of hydrogen-bond donors (Lipinski definition) is 1. The number of amides is 1. The van der Waals surface area contributed by atoms with Gasteiger partial charge in [-0.2, -0.15) is 5.10 Å². The van der Waals surface area contributed by atoms with Gasteiger partial charge in [-0.15, -0.1) is 0 Å². The van der Waals surface area contributed by atoms with Crippen LogP contribution >= 0.6 is 0 Å². The Morgan fingerprint density at radius 1 is 0.946 bits per heavy atom. The predicted molar refractivity (Wildman–Crippen MR) is 143 cm³/mol. The maximum absolute atomic E-state index is 13.7. The van der Waals surface area contributed by atoms with Gasteiger partial charge in [-0.3, -0.25) is 9.10 Å². The molecule has 0 atom stereocenters. The maximum atomic E-state index is 13.7. The molecule has 0 aliphatic rings. The van der Waals surface area contributed by atoms with Crippen LogP contribution in [0.15, 0.2) is 76.7 Å². The van der Waals surface area contributed by atoms with E-state index in [1.807, 2.05) is 38.1 Å². The van der Waals surface area contributed by atoms with E-state index in [1.165, 1.54) is 32.4 Å². The monoisotopic (exact) mass is 525 g/mol. The second-order valence-electron chi connectivity index (χ2n) is 8.05. The molecule has 0 fully saturated rings. The summed E-state index contributed by atoms with van der Waals surface area (Å²) in [6.45, 7) is 5.61. The minimum Gasteiger partial charge on any atom is -0.494 e. The number of methoxy groups -OCH3 is 2. The molecule has 3 rings (SSSR count). The number of nitrogens with one attached hydrogen (secondary N) is 1. The van der Waals surface area contributed by atoms with Crippen LogP contribution in [0.2, 0.25) is 0 Å².